The standard InChI is InChI=1S/C19H24N4O/c1-14-21-18-8-10-20-9-7-17(18)19(22-14)23-11-16(12-23)24-13-15-5-3-2-4-6-15/h2-6,16,20H,7-13H2,1H3. The van der Waals surface area contributed by atoms with Crippen LogP contribution in [-0.4, -0.2) is 42.3 Å². The zero-order chi connectivity index (χ0) is 16.4. The van der Waals surface area contributed by atoms with E-state index in [1.807, 2.05) is 13.0 Å². The highest BCUT2D eigenvalue weighted by Crippen LogP contribution is 2.28. The molecule has 1 fully saturated rings. The van der Waals surface area contributed by atoms with Crippen molar-refractivity contribution in [2.45, 2.75) is 32.5 Å². The van der Waals surface area contributed by atoms with E-state index in [1.165, 1.54) is 16.8 Å². The number of nitrogens with zero attached hydrogens (tertiary/aromatic N) is 3. The molecule has 126 valence electrons. The van der Waals surface area contributed by atoms with Crippen molar-refractivity contribution in [1.29, 1.82) is 0 Å². The Kier molecular flexibility index (Phi) is 4.45. The van der Waals surface area contributed by atoms with Crippen LogP contribution in [0.15, 0.2) is 30.3 Å². The van der Waals surface area contributed by atoms with E-state index < -0.39 is 0 Å². The molecule has 0 bridgehead atoms. The third kappa shape index (κ3) is 3.28. The fourth-order valence-electron chi connectivity index (χ4n) is 3.41. The number of ether oxygens (including phenoxy) is 1. The van der Waals surface area contributed by atoms with Crippen LogP contribution in [-0.2, 0) is 24.2 Å². The van der Waals surface area contributed by atoms with Crippen molar-refractivity contribution in [2.24, 2.45) is 0 Å². The van der Waals surface area contributed by atoms with Crippen LogP contribution in [0.4, 0.5) is 5.82 Å². The highest BCUT2D eigenvalue weighted by molar-refractivity contribution is 5.52. The molecule has 0 unspecified atom stereocenters. The molecule has 24 heavy (non-hydrogen) atoms. The monoisotopic (exact) mass is 324 g/mol. The molecular formula is C19H24N4O. The molecule has 1 aromatic heterocycles. The SMILES string of the molecule is Cc1nc2c(c(N3CC(OCc4ccccc4)C3)n1)CCNCC2. The highest BCUT2D eigenvalue weighted by atomic mass is 16.5. The summed E-state index contributed by atoms with van der Waals surface area (Å²) in [7, 11) is 0. The molecule has 1 saturated heterocycles. The quantitative estimate of drug-likeness (QED) is 0.930. The van der Waals surface area contributed by atoms with Crippen LogP contribution in [0.3, 0.4) is 0 Å². The van der Waals surface area contributed by atoms with Gasteiger partial charge in [-0.15, -0.1) is 0 Å². The number of anilines is 1. The Morgan fingerprint density at radius 2 is 1.92 bits per heavy atom. The number of aromatic nitrogens is 2. The molecule has 0 radical (unpaired) electrons. The van der Waals surface area contributed by atoms with Gasteiger partial charge in [0.2, 0.25) is 0 Å². The van der Waals surface area contributed by atoms with E-state index in [-0.39, 0.29) is 0 Å². The summed E-state index contributed by atoms with van der Waals surface area (Å²) in [6.07, 6.45) is 2.30. The number of hydrogen-bond donors (Lipinski definition) is 1. The van der Waals surface area contributed by atoms with Crippen molar-refractivity contribution in [2.75, 3.05) is 31.1 Å². The molecule has 5 nitrogen and oxygen atoms in total. The molecule has 4 rings (SSSR count). The molecule has 5 heteroatoms. The topological polar surface area (TPSA) is 50.3 Å². The molecule has 2 aliphatic rings. The van der Waals surface area contributed by atoms with E-state index in [1.54, 1.807) is 0 Å². The summed E-state index contributed by atoms with van der Waals surface area (Å²) in [5.74, 6) is 2.00. The number of nitrogens with one attached hydrogen (secondary N) is 1. The van der Waals surface area contributed by atoms with Crippen LogP contribution >= 0.6 is 0 Å². The summed E-state index contributed by atoms with van der Waals surface area (Å²) in [6, 6.07) is 10.4. The Bertz CT molecular complexity index is 698. The maximum absolute atomic E-state index is 6.02. The van der Waals surface area contributed by atoms with Gasteiger partial charge in [-0.05, 0) is 25.5 Å². The van der Waals surface area contributed by atoms with Crippen molar-refractivity contribution >= 4 is 5.82 Å². The fourth-order valence-corrected chi connectivity index (χ4v) is 3.41. The summed E-state index contributed by atoms with van der Waals surface area (Å²) >= 11 is 0. The summed E-state index contributed by atoms with van der Waals surface area (Å²) < 4.78 is 6.02. The van der Waals surface area contributed by atoms with Crippen molar-refractivity contribution in [3.63, 3.8) is 0 Å². The van der Waals surface area contributed by atoms with E-state index in [2.05, 4.69) is 39.5 Å². The van der Waals surface area contributed by atoms with Gasteiger partial charge >= 0.3 is 0 Å². The lowest BCUT2D eigenvalue weighted by atomic mass is 10.1. The van der Waals surface area contributed by atoms with Gasteiger partial charge in [0.25, 0.3) is 0 Å². The predicted octanol–water partition coefficient (Wildman–Crippen LogP) is 1.88. The second kappa shape index (κ2) is 6.87. The molecule has 2 aliphatic heterocycles. The van der Waals surface area contributed by atoms with Crippen molar-refractivity contribution in [1.82, 2.24) is 15.3 Å². The number of hydrogen-bond acceptors (Lipinski definition) is 5. The van der Waals surface area contributed by atoms with Crippen LogP contribution in [0.25, 0.3) is 0 Å². The minimum atomic E-state index is 0.292. The van der Waals surface area contributed by atoms with Gasteiger partial charge in [0.15, 0.2) is 0 Å². The average Bonchev–Trinajstić information content (AvgIpc) is 2.79. The highest BCUT2D eigenvalue weighted by Gasteiger charge is 2.31. The molecule has 1 N–H and O–H groups in total. The largest absolute Gasteiger partial charge is 0.370 e. The van der Waals surface area contributed by atoms with Gasteiger partial charge in [-0.25, -0.2) is 9.97 Å². The first-order valence-corrected chi connectivity index (χ1v) is 8.77. The molecular weight excluding hydrogens is 300 g/mol. The zero-order valence-electron chi connectivity index (χ0n) is 14.2. The molecule has 0 atom stereocenters. The Morgan fingerprint density at radius 1 is 1.12 bits per heavy atom. The van der Waals surface area contributed by atoms with Crippen LogP contribution in [0.1, 0.15) is 22.6 Å². The molecule has 0 spiro atoms. The van der Waals surface area contributed by atoms with E-state index in [0.717, 1.165) is 50.7 Å². The number of rotatable bonds is 4. The smallest absolute Gasteiger partial charge is 0.135 e. The molecule has 2 aromatic rings. The van der Waals surface area contributed by atoms with Gasteiger partial charge in [-0.1, -0.05) is 30.3 Å². The molecule has 1 aromatic carbocycles. The van der Waals surface area contributed by atoms with Gasteiger partial charge in [0.05, 0.1) is 18.4 Å². The van der Waals surface area contributed by atoms with Gasteiger partial charge in [-0.3, -0.25) is 0 Å². The average molecular weight is 324 g/mol. The molecule has 0 aliphatic carbocycles. The molecule has 0 saturated carbocycles. The predicted molar refractivity (Wildman–Crippen MR) is 94.3 cm³/mol. The van der Waals surface area contributed by atoms with Crippen molar-refractivity contribution in [3.05, 3.63) is 53.0 Å². The second-order valence-corrected chi connectivity index (χ2v) is 6.59. The summed E-state index contributed by atoms with van der Waals surface area (Å²) in [6.45, 7) is 6.53. The first-order chi connectivity index (χ1) is 11.8. The van der Waals surface area contributed by atoms with Gasteiger partial charge < -0.3 is 15.0 Å². The summed E-state index contributed by atoms with van der Waals surface area (Å²) in [5.41, 5.74) is 3.78. The molecule has 3 heterocycles. The van der Waals surface area contributed by atoms with Crippen LogP contribution < -0.4 is 10.2 Å². The van der Waals surface area contributed by atoms with Crippen LogP contribution in [0, 0.1) is 6.92 Å². The van der Waals surface area contributed by atoms with E-state index in [4.69, 9.17) is 9.72 Å². The fraction of sp³-hybridized carbons (Fsp3) is 0.474. The molecule has 0 amide bonds. The number of fused-ring (bicyclic) bond motifs is 1. The number of aryl methyl sites for hydroxylation is 1. The maximum Gasteiger partial charge on any atom is 0.135 e. The van der Waals surface area contributed by atoms with E-state index in [0.29, 0.717) is 12.7 Å². The summed E-state index contributed by atoms with van der Waals surface area (Å²) in [4.78, 5) is 11.7. The lowest BCUT2D eigenvalue weighted by Gasteiger charge is -2.41. The maximum atomic E-state index is 6.02. The van der Waals surface area contributed by atoms with Crippen molar-refractivity contribution in [3.8, 4) is 0 Å². The minimum Gasteiger partial charge on any atom is -0.370 e. The Balaban J connectivity index is 1.41. The first kappa shape index (κ1) is 15.5. The Labute approximate surface area is 143 Å². The van der Waals surface area contributed by atoms with Gasteiger partial charge in [-0.2, -0.15) is 0 Å². The van der Waals surface area contributed by atoms with E-state index in [9.17, 15) is 0 Å². The van der Waals surface area contributed by atoms with Crippen LogP contribution in [0.5, 0.6) is 0 Å². The van der Waals surface area contributed by atoms with E-state index >= 15 is 0 Å². The lowest BCUT2D eigenvalue weighted by Crippen LogP contribution is -2.53. The van der Waals surface area contributed by atoms with Crippen LogP contribution in [0.2, 0.25) is 0 Å². The van der Waals surface area contributed by atoms with Crippen molar-refractivity contribution < 1.29 is 4.74 Å². The van der Waals surface area contributed by atoms with Gasteiger partial charge in [0.1, 0.15) is 11.6 Å². The third-order valence-electron chi connectivity index (χ3n) is 4.75. The third-order valence-corrected chi connectivity index (χ3v) is 4.75. The lowest BCUT2D eigenvalue weighted by molar-refractivity contribution is 0.0220. The minimum absolute atomic E-state index is 0.292. The normalized spacial score (nSPS) is 18.0. The second-order valence-electron chi connectivity index (χ2n) is 6.59. The Morgan fingerprint density at radius 3 is 2.75 bits per heavy atom. The number of benzene rings is 1. The first-order valence-electron chi connectivity index (χ1n) is 8.77. The Hall–Kier alpha value is -1.98. The van der Waals surface area contributed by atoms with Gasteiger partial charge in [0, 0.05) is 31.6 Å². The zero-order valence-corrected chi connectivity index (χ0v) is 14.2. The summed E-state index contributed by atoms with van der Waals surface area (Å²) in [5, 5.41) is 3.45.